The third-order valence-corrected chi connectivity index (χ3v) is 6.15. The fourth-order valence-corrected chi connectivity index (χ4v) is 4.36. The summed E-state index contributed by atoms with van der Waals surface area (Å²) in [6, 6.07) is 14.1. The van der Waals surface area contributed by atoms with Gasteiger partial charge in [-0.2, -0.15) is 0 Å². The van der Waals surface area contributed by atoms with Gasteiger partial charge in [0.25, 0.3) is 5.91 Å². The summed E-state index contributed by atoms with van der Waals surface area (Å²) in [5.41, 5.74) is 3.06. The molecule has 2 bridgehead atoms. The summed E-state index contributed by atoms with van der Waals surface area (Å²) < 4.78 is 11.2. The van der Waals surface area contributed by atoms with E-state index in [0.717, 1.165) is 35.8 Å². The van der Waals surface area contributed by atoms with Crippen molar-refractivity contribution in [3.8, 4) is 11.5 Å². The molecule has 3 fully saturated rings. The van der Waals surface area contributed by atoms with Gasteiger partial charge in [-0.15, -0.1) is 24.8 Å². The first-order valence-electron chi connectivity index (χ1n) is 10.7. The maximum atomic E-state index is 12.2. The highest BCUT2D eigenvalue weighted by atomic mass is 35.5. The molecule has 2 N–H and O–H groups in total. The number of methoxy groups -OCH3 is 1. The van der Waals surface area contributed by atoms with Gasteiger partial charge in [0.05, 0.1) is 7.11 Å². The van der Waals surface area contributed by atoms with Gasteiger partial charge < -0.3 is 25.0 Å². The van der Waals surface area contributed by atoms with Crippen LogP contribution in [0, 0.1) is 12.8 Å². The Bertz CT molecular complexity index is 871. The fourth-order valence-electron chi connectivity index (χ4n) is 4.36. The van der Waals surface area contributed by atoms with Crippen molar-refractivity contribution in [3.63, 3.8) is 0 Å². The SMILES string of the molecule is COc1cc(CNC2CN3CCC2CC3)ccc1OCC(=O)Nc1ccc(C)cc1.Cl.Cl. The van der Waals surface area contributed by atoms with Gasteiger partial charge in [0.15, 0.2) is 18.1 Å². The van der Waals surface area contributed by atoms with E-state index in [9.17, 15) is 4.79 Å². The van der Waals surface area contributed by atoms with Crippen LogP contribution in [-0.2, 0) is 11.3 Å². The van der Waals surface area contributed by atoms with E-state index in [-0.39, 0.29) is 37.3 Å². The Balaban J connectivity index is 0.00000181. The second-order valence-electron chi connectivity index (χ2n) is 8.31. The third kappa shape index (κ3) is 6.75. The molecule has 176 valence electrons. The van der Waals surface area contributed by atoms with E-state index in [4.69, 9.17) is 9.47 Å². The van der Waals surface area contributed by atoms with Gasteiger partial charge in [-0.3, -0.25) is 4.79 Å². The van der Waals surface area contributed by atoms with Crippen LogP contribution in [0.15, 0.2) is 42.5 Å². The first kappa shape index (κ1) is 26.3. The third-order valence-electron chi connectivity index (χ3n) is 6.15. The molecule has 0 spiro atoms. The van der Waals surface area contributed by atoms with Crippen molar-refractivity contribution in [1.82, 2.24) is 10.2 Å². The standard InChI is InChI=1S/C24H31N3O3.2ClH/c1-17-3-6-20(7-4-17)26-24(28)16-30-22-8-5-18(13-23(22)29-2)14-25-21-15-27-11-9-19(21)10-12-27;;/h3-8,13,19,21,25H,9-12,14-16H2,1-2H3,(H,26,28);2*1H. The van der Waals surface area contributed by atoms with Gasteiger partial charge in [0.1, 0.15) is 0 Å². The average molecular weight is 482 g/mol. The zero-order valence-corrected chi connectivity index (χ0v) is 20.3. The molecule has 2 aromatic carbocycles. The first-order chi connectivity index (χ1) is 14.6. The van der Waals surface area contributed by atoms with Crippen LogP contribution in [0.25, 0.3) is 0 Å². The monoisotopic (exact) mass is 481 g/mol. The number of amides is 1. The molecule has 1 unspecified atom stereocenters. The molecule has 6 nitrogen and oxygen atoms in total. The fraction of sp³-hybridized carbons (Fsp3) is 0.458. The quantitative estimate of drug-likeness (QED) is 0.595. The average Bonchev–Trinajstić information content (AvgIpc) is 2.79. The van der Waals surface area contributed by atoms with Crippen LogP contribution in [-0.4, -0.2) is 50.2 Å². The summed E-state index contributed by atoms with van der Waals surface area (Å²) in [5, 5.41) is 6.56. The molecule has 8 heteroatoms. The first-order valence-corrected chi connectivity index (χ1v) is 10.7. The topological polar surface area (TPSA) is 62.8 Å². The molecule has 2 aromatic rings. The van der Waals surface area contributed by atoms with Crippen LogP contribution < -0.4 is 20.1 Å². The second-order valence-corrected chi connectivity index (χ2v) is 8.31. The van der Waals surface area contributed by atoms with Crippen LogP contribution in [0.3, 0.4) is 0 Å². The van der Waals surface area contributed by atoms with E-state index in [1.54, 1.807) is 7.11 Å². The van der Waals surface area contributed by atoms with Crippen LogP contribution in [0.5, 0.6) is 11.5 Å². The van der Waals surface area contributed by atoms with Crippen LogP contribution in [0.4, 0.5) is 5.69 Å². The molecule has 0 aromatic heterocycles. The lowest BCUT2D eigenvalue weighted by Gasteiger charge is -2.45. The van der Waals surface area contributed by atoms with Crippen molar-refractivity contribution in [3.05, 3.63) is 53.6 Å². The Hall–Kier alpha value is -1.99. The summed E-state index contributed by atoms with van der Waals surface area (Å²) in [4.78, 5) is 14.7. The largest absolute Gasteiger partial charge is 0.493 e. The van der Waals surface area contributed by atoms with Crippen molar-refractivity contribution in [2.45, 2.75) is 32.4 Å². The predicted octanol–water partition coefficient (Wildman–Crippen LogP) is 4.05. The lowest BCUT2D eigenvalue weighted by atomic mass is 9.84. The number of hydrogen-bond acceptors (Lipinski definition) is 5. The number of halogens is 2. The second kappa shape index (κ2) is 12.3. The van der Waals surface area contributed by atoms with Gasteiger partial charge in [0, 0.05) is 24.8 Å². The molecule has 3 saturated heterocycles. The number of anilines is 1. The minimum atomic E-state index is -0.200. The smallest absolute Gasteiger partial charge is 0.262 e. The van der Waals surface area contributed by atoms with E-state index < -0.39 is 0 Å². The minimum absolute atomic E-state index is 0. The number of carbonyl (C=O) groups excluding carboxylic acids is 1. The molecule has 1 amide bonds. The minimum Gasteiger partial charge on any atom is -0.493 e. The van der Waals surface area contributed by atoms with Gasteiger partial charge in [-0.05, 0) is 68.6 Å². The Morgan fingerprint density at radius 2 is 1.78 bits per heavy atom. The Kier molecular flexibility index (Phi) is 10.1. The number of ether oxygens (including phenoxy) is 2. The summed E-state index contributed by atoms with van der Waals surface area (Å²) >= 11 is 0. The number of nitrogens with one attached hydrogen (secondary N) is 2. The maximum absolute atomic E-state index is 12.2. The predicted molar refractivity (Wildman–Crippen MR) is 133 cm³/mol. The van der Waals surface area contributed by atoms with Crippen molar-refractivity contribution >= 4 is 36.4 Å². The van der Waals surface area contributed by atoms with Crippen molar-refractivity contribution in [2.75, 3.05) is 38.7 Å². The molecule has 3 heterocycles. The van der Waals surface area contributed by atoms with Crippen molar-refractivity contribution < 1.29 is 14.3 Å². The molecule has 5 rings (SSSR count). The highest BCUT2D eigenvalue weighted by Crippen LogP contribution is 2.30. The number of piperidine rings is 3. The molecule has 3 aliphatic rings. The normalized spacial score (nSPS) is 21.1. The lowest BCUT2D eigenvalue weighted by molar-refractivity contribution is -0.118. The number of rotatable bonds is 8. The lowest BCUT2D eigenvalue weighted by Crippen LogP contribution is -2.55. The molecule has 0 saturated carbocycles. The number of hydrogen-bond donors (Lipinski definition) is 2. The Morgan fingerprint density at radius 1 is 1.06 bits per heavy atom. The Labute approximate surface area is 202 Å². The molecule has 1 atom stereocenters. The van der Waals surface area contributed by atoms with Gasteiger partial charge in [-0.1, -0.05) is 23.8 Å². The Morgan fingerprint density at radius 3 is 2.41 bits per heavy atom. The summed E-state index contributed by atoms with van der Waals surface area (Å²) in [7, 11) is 1.62. The van der Waals surface area contributed by atoms with Gasteiger partial charge in [-0.25, -0.2) is 0 Å². The van der Waals surface area contributed by atoms with Crippen molar-refractivity contribution in [1.29, 1.82) is 0 Å². The zero-order chi connectivity index (χ0) is 20.9. The van der Waals surface area contributed by atoms with E-state index >= 15 is 0 Å². The zero-order valence-electron chi connectivity index (χ0n) is 18.6. The van der Waals surface area contributed by atoms with E-state index in [1.807, 2.05) is 49.4 Å². The highest BCUT2D eigenvalue weighted by Gasteiger charge is 2.33. The van der Waals surface area contributed by atoms with Crippen LogP contribution >= 0.6 is 24.8 Å². The maximum Gasteiger partial charge on any atom is 0.262 e. The van der Waals surface area contributed by atoms with Crippen LogP contribution in [0.1, 0.15) is 24.0 Å². The molecular weight excluding hydrogens is 449 g/mol. The number of aryl methyl sites for hydroxylation is 1. The summed E-state index contributed by atoms with van der Waals surface area (Å²) in [5.74, 6) is 1.81. The van der Waals surface area contributed by atoms with E-state index in [2.05, 4.69) is 15.5 Å². The van der Waals surface area contributed by atoms with E-state index in [1.165, 1.54) is 25.9 Å². The number of nitrogens with zero attached hydrogens (tertiary/aromatic N) is 1. The molecular formula is C24H33Cl2N3O3. The molecule has 0 radical (unpaired) electrons. The van der Waals surface area contributed by atoms with Crippen molar-refractivity contribution in [2.24, 2.45) is 5.92 Å². The molecule has 0 aliphatic carbocycles. The van der Waals surface area contributed by atoms with Gasteiger partial charge >= 0.3 is 0 Å². The number of benzene rings is 2. The van der Waals surface area contributed by atoms with Crippen LogP contribution in [0.2, 0.25) is 0 Å². The van der Waals surface area contributed by atoms with Gasteiger partial charge in [0.2, 0.25) is 0 Å². The summed E-state index contributed by atoms with van der Waals surface area (Å²) in [6.45, 7) is 6.40. The number of fused-ring (bicyclic) bond motifs is 3. The molecule has 3 aliphatic heterocycles. The van der Waals surface area contributed by atoms with E-state index in [0.29, 0.717) is 17.5 Å². The molecule has 32 heavy (non-hydrogen) atoms. The summed E-state index contributed by atoms with van der Waals surface area (Å²) in [6.07, 6.45) is 2.61. The number of carbonyl (C=O) groups is 1. The highest BCUT2D eigenvalue weighted by molar-refractivity contribution is 5.91.